The van der Waals surface area contributed by atoms with E-state index in [1.54, 1.807) is 14.2 Å². The summed E-state index contributed by atoms with van der Waals surface area (Å²) in [4.78, 5) is 14.3. The molecule has 0 saturated carbocycles. The topological polar surface area (TPSA) is 57.2 Å². The number of rotatable bonds is 4. The van der Waals surface area contributed by atoms with Gasteiger partial charge in [0.15, 0.2) is 5.79 Å². The predicted octanol–water partition coefficient (Wildman–Crippen LogP) is 2.72. The van der Waals surface area contributed by atoms with Crippen molar-refractivity contribution in [2.24, 2.45) is 0 Å². The van der Waals surface area contributed by atoms with E-state index in [1.807, 2.05) is 32.6 Å². The van der Waals surface area contributed by atoms with Crippen molar-refractivity contribution in [1.82, 2.24) is 4.90 Å². The first-order valence-corrected chi connectivity index (χ1v) is 8.06. The maximum Gasteiger partial charge on any atom is 0.411 e. The molecule has 1 saturated heterocycles. The molecule has 6 heteroatoms. The van der Waals surface area contributed by atoms with Crippen LogP contribution in [0.25, 0.3) is 0 Å². The number of morpholine rings is 1. The fraction of sp³-hybridized carbons (Fsp3) is 0.824. The lowest BCUT2D eigenvalue weighted by atomic mass is 9.90. The molecule has 23 heavy (non-hydrogen) atoms. The minimum Gasteiger partial charge on any atom is -0.444 e. The van der Waals surface area contributed by atoms with Gasteiger partial charge in [0.25, 0.3) is 0 Å². The van der Waals surface area contributed by atoms with Crippen LogP contribution in [0.5, 0.6) is 0 Å². The van der Waals surface area contributed by atoms with Gasteiger partial charge in [0.05, 0.1) is 25.3 Å². The molecule has 1 fully saturated rings. The predicted molar refractivity (Wildman–Crippen MR) is 86.2 cm³/mol. The highest BCUT2D eigenvalue weighted by molar-refractivity contribution is 5.70. The van der Waals surface area contributed by atoms with Crippen molar-refractivity contribution >= 4 is 6.09 Å². The first kappa shape index (κ1) is 18.2. The Labute approximate surface area is 138 Å². The quantitative estimate of drug-likeness (QED) is 0.587. The van der Waals surface area contributed by atoms with E-state index in [0.717, 1.165) is 6.42 Å². The monoisotopic (exact) mass is 327 g/mol. The van der Waals surface area contributed by atoms with Crippen LogP contribution >= 0.6 is 0 Å². The lowest BCUT2D eigenvalue weighted by Crippen LogP contribution is -2.57. The fourth-order valence-corrected chi connectivity index (χ4v) is 3.05. The van der Waals surface area contributed by atoms with Crippen LogP contribution in [0.1, 0.15) is 40.5 Å². The molecule has 2 bridgehead atoms. The summed E-state index contributed by atoms with van der Waals surface area (Å²) in [5, 5.41) is 0. The standard InChI is InChI=1S/C17H29NO5/c1-16(2,3)23-15(19)18-13-7-12(8-14(18)11-22-10-13)9-17(4,20-5)21-6/h7,13-14H,8-11H2,1-6H3. The Morgan fingerprint density at radius 3 is 2.43 bits per heavy atom. The smallest absolute Gasteiger partial charge is 0.411 e. The molecule has 1 amide bonds. The molecule has 0 radical (unpaired) electrons. The molecule has 0 spiro atoms. The summed E-state index contributed by atoms with van der Waals surface area (Å²) in [5.41, 5.74) is 0.732. The van der Waals surface area contributed by atoms with E-state index in [0.29, 0.717) is 19.6 Å². The van der Waals surface area contributed by atoms with Crippen molar-refractivity contribution in [3.05, 3.63) is 11.6 Å². The largest absolute Gasteiger partial charge is 0.444 e. The molecule has 2 heterocycles. The number of carbonyl (C=O) groups excluding carboxylic acids is 1. The van der Waals surface area contributed by atoms with Gasteiger partial charge in [-0.15, -0.1) is 0 Å². The molecule has 0 N–H and O–H groups in total. The van der Waals surface area contributed by atoms with E-state index in [4.69, 9.17) is 18.9 Å². The molecule has 2 rings (SSSR count). The van der Waals surface area contributed by atoms with Gasteiger partial charge < -0.3 is 18.9 Å². The second-order valence-corrected chi connectivity index (χ2v) is 7.39. The van der Waals surface area contributed by atoms with Gasteiger partial charge in [-0.25, -0.2) is 4.79 Å². The van der Waals surface area contributed by atoms with E-state index in [-0.39, 0.29) is 18.2 Å². The third-order valence-electron chi connectivity index (χ3n) is 4.29. The number of nitrogens with zero attached hydrogens (tertiary/aromatic N) is 1. The summed E-state index contributed by atoms with van der Waals surface area (Å²) >= 11 is 0. The molecule has 2 aliphatic heterocycles. The van der Waals surface area contributed by atoms with Crippen LogP contribution in [-0.4, -0.2) is 61.9 Å². The van der Waals surface area contributed by atoms with Gasteiger partial charge in [-0.1, -0.05) is 11.6 Å². The zero-order valence-electron chi connectivity index (χ0n) is 15.0. The number of carbonyl (C=O) groups is 1. The summed E-state index contributed by atoms with van der Waals surface area (Å²) in [6, 6.07) is -0.0909. The van der Waals surface area contributed by atoms with E-state index >= 15 is 0 Å². The molecule has 0 aliphatic carbocycles. The minimum absolute atomic E-state index is 0.00145. The molecule has 6 nitrogen and oxygen atoms in total. The molecule has 0 aromatic heterocycles. The maximum absolute atomic E-state index is 12.5. The van der Waals surface area contributed by atoms with Gasteiger partial charge in [-0.3, -0.25) is 4.90 Å². The molecule has 132 valence electrons. The first-order chi connectivity index (χ1) is 10.7. The summed E-state index contributed by atoms with van der Waals surface area (Å²) in [6.07, 6.45) is 3.25. The number of methoxy groups -OCH3 is 2. The van der Waals surface area contributed by atoms with E-state index in [1.165, 1.54) is 5.57 Å². The maximum atomic E-state index is 12.5. The van der Waals surface area contributed by atoms with E-state index < -0.39 is 11.4 Å². The van der Waals surface area contributed by atoms with Gasteiger partial charge in [-0.05, 0) is 34.1 Å². The number of ether oxygens (including phenoxy) is 4. The molecule has 0 aromatic carbocycles. The average molecular weight is 327 g/mol. The van der Waals surface area contributed by atoms with Crippen molar-refractivity contribution in [3.63, 3.8) is 0 Å². The second kappa shape index (κ2) is 6.79. The van der Waals surface area contributed by atoms with Crippen LogP contribution in [0.15, 0.2) is 11.6 Å². The average Bonchev–Trinajstić information content (AvgIpc) is 2.44. The zero-order chi connectivity index (χ0) is 17.3. The van der Waals surface area contributed by atoms with Crippen molar-refractivity contribution in [2.45, 2.75) is 64.0 Å². The minimum atomic E-state index is -0.644. The van der Waals surface area contributed by atoms with Crippen molar-refractivity contribution in [1.29, 1.82) is 0 Å². The Kier molecular flexibility index (Phi) is 5.38. The van der Waals surface area contributed by atoms with E-state index in [2.05, 4.69) is 6.08 Å². The van der Waals surface area contributed by atoms with Crippen molar-refractivity contribution < 1.29 is 23.7 Å². The van der Waals surface area contributed by atoms with Crippen LogP contribution in [0, 0.1) is 0 Å². The highest BCUT2D eigenvalue weighted by Crippen LogP contribution is 2.33. The number of amides is 1. The molecular formula is C17H29NO5. The van der Waals surface area contributed by atoms with Gasteiger partial charge in [0, 0.05) is 20.6 Å². The fourth-order valence-electron chi connectivity index (χ4n) is 3.05. The molecule has 2 aliphatic rings. The van der Waals surface area contributed by atoms with Crippen molar-refractivity contribution in [3.8, 4) is 0 Å². The number of fused-ring (bicyclic) bond motifs is 2. The van der Waals surface area contributed by atoms with Crippen molar-refractivity contribution in [2.75, 3.05) is 27.4 Å². The third-order valence-corrected chi connectivity index (χ3v) is 4.29. The Hall–Kier alpha value is -1.11. The summed E-state index contributed by atoms with van der Waals surface area (Å²) in [5.74, 6) is -0.644. The van der Waals surface area contributed by atoms with Crippen LogP contribution in [-0.2, 0) is 18.9 Å². The summed E-state index contributed by atoms with van der Waals surface area (Å²) in [6.45, 7) is 8.58. The second-order valence-electron chi connectivity index (χ2n) is 7.39. The van der Waals surface area contributed by atoms with Gasteiger partial charge in [0.1, 0.15) is 5.60 Å². The van der Waals surface area contributed by atoms with Crippen LogP contribution in [0.4, 0.5) is 4.79 Å². The van der Waals surface area contributed by atoms with Crippen LogP contribution in [0.3, 0.4) is 0 Å². The Bertz CT molecular complexity index is 464. The molecule has 2 unspecified atom stereocenters. The highest BCUT2D eigenvalue weighted by atomic mass is 16.7. The van der Waals surface area contributed by atoms with Gasteiger partial charge in [0.2, 0.25) is 0 Å². The summed E-state index contributed by atoms with van der Waals surface area (Å²) < 4.78 is 22.1. The first-order valence-electron chi connectivity index (χ1n) is 8.06. The zero-order valence-corrected chi connectivity index (χ0v) is 15.0. The van der Waals surface area contributed by atoms with E-state index in [9.17, 15) is 4.79 Å². The Morgan fingerprint density at radius 2 is 1.91 bits per heavy atom. The third kappa shape index (κ3) is 4.46. The molecule has 0 aromatic rings. The van der Waals surface area contributed by atoms with Gasteiger partial charge in [-0.2, -0.15) is 0 Å². The molecule has 2 atom stereocenters. The summed E-state index contributed by atoms with van der Waals surface area (Å²) in [7, 11) is 3.29. The lowest BCUT2D eigenvalue weighted by molar-refractivity contribution is -0.192. The molecular weight excluding hydrogens is 298 g/mol. The highest BCUT2D eigenvalue weighted by Gasteiger charge is 2.41. The van der Waals surface area contributed by atoms with Crippen LogP contribution in [0.2, 0.25) is 0 Å². The van der Waals surface area contributed by atoms with Gasteiger partial charge >= 0.3 is 6.09 Å². The Balaban J connectivity index is 2.14. The lowest BCUT2D eigenvalue weighted by Gasteiger charge is -2.45. The number of hydrogen-bond acceptors (Lipinski definition) is 5. The van der Waals surface area contributed by atoms with Crippen LogP contribution < -0.4 is 0 Å². The SMILES string of the molecule is COC(C)(CC1=CC2COCC(C1)N2C(=O)OC(C)(C)C)OC. The number of hydrogen-bond donors (Lipinski definition) is 0. The normalized spacial score (nSPS) is 25.1. The Morgan fingerprint density at radius 1 is 1.26 bits per heavy atom.